The SMILES string of the molecule is C[C@@H](NC(=O)[C@]1(c2ccccc2)CC[C@@H](N2CCC(c3ccc(F)cc3)CC2)CC1)c1cc(C(F)(F)F)cc(C(F)(F)F)c1. The molecule has 1 amide bonds. The van der Waals surface area contributed by atoms with Crippen LogP contribution in [0.5, 0.6) is 0 Å². The highest BCUT2D eigenvalue weighted by molar-refractivity contribution is 5.88. The van der Waals surface area contributed by atoms with Crippen LogP contribution in [0.4, 0.5) is 30.7 Å². The summed E-state index contributed by atoms with van der Waals surface area (Å²) in [5, 5.41) is 2.77. The normalized spacial score (nSPS) is 22.9. The number of hydrogen-bond donors (Lipinski definition) is 1. The number of carbonyl (C=O) groups excluding carboxylic acids is 1. The molecule has 2 fully saturated rings. The Morgan fingerprint density at radius 3 is 1.89 bits per heavy atom. The van der Waals surface area contributed by atoms with Crippen LogP contribution in [0, 0.1) is 5.82 Å². The lowest BCUT2D eigenvalue weighted by Gasteiger charge is -2.45. The summed E-state index contributed by atoms with van der Waals surface area (Å²) >= 11 is 0. The average Bonchev–Trinajstić information content (AvgIpc) is 3.01. The molecule has 3 aromatic rings. The summed E-state index contributed by atoms with van der Waals surface area (Å²) < 4.78 is 94.2. The molecule has 1 aliphatic carbocycles. The molecule has 2 aliphatic rings. The van der Waals surface area contributed by atoms with E-state index in [2.05, 4.69) is 10.2 Å². The minimum absolute atomic E-state index is 0.0905. The number of nitrogens with zero attached hydrogens (tertiary/aromatic N) is 1. The Labute approximate surface area is 252 Å². The fraction of sp³-hybridized carbons (Fsp3) is 0.441. The first-order valence-electron chi connectivity index (χ1n) is 14.9. The van der Waals surface area contributed by atoms with E-state index in [0.717, 1.165) is 49.9 Å². The number of piperidine rings is 1. The van der Waals surface area contributed by atoms with Gasteiger partial charge in [0.1, 0.15) is 5.82 Å². The van der Waals surface area contributed by atoms with Crippen molar-refractivity contribution in [1.82, 2.24) is 10.2 Å². The highest BCUT2D eigenvalue weighted by Gasteiger charge is 2.45. The lowest BCUT2D eigenvalue weighted by Crippen LogP contribution is -2.51. The van der Waals surface area contributed by atoms with Crippen LogP contribution in [0.2, 0.25) is 0 Å². The number of nitrogens with one attached hydrogen (secondary N) is 1. The van der Waals surface area contributed by atoms with Gasteiger partial charge in [-0.25, -0.2) is 4.39 Å². The molecule has 5 rings (SSSR count). The van der Waals surface area contributed by atoms with Gasteiger partial charge in [-0.05, 0) is 111 Å². The van der Waals surface area contributed by atoms with Gasteiger partial charge in [0.15, 0.2) is 0 Å². The van der Waals surface area contributed by atoms with Crippen LogP contribution >= 0.6 is 0 Å². The van der Waals surface area contributed by atoms with Crippen LogP contribution in [-0.4, -0.2) is 29.9 Å². The number of halogens is 7. The van der Waals surface area contributed by atoms with Crippen LogP contribution in [0.1, 0.15) is 85.2 Å². The van der Waals surface area contributed by atoms with Crippen molar-refractivity contribution in [3.63, 3.8) is 0 Å². The van der Waals surface area contributed by atoms with E-state index in [1.807, 2.05) is 42.5 Å². The summed E-state index contributed by atoms with van der Waals surface area (Å²) in [5.41, 5.74) is -2.14. The average molecular weight is 621 g/mol. The molecule has 1 heterocycles. The van der Waals surface area contributed by atoms with Crippen molar-refractivity contribution in [1.29, 1.82) is 0 Å². The van der Waals surface area contributed by atoms with Gasteiger partial charge in [0.2, 0.25) is 5.91 Å². The predicted molar refractivity (Wildman–Crippen MR) is 153 cm³/mol. The molecule has 1 saturated carbocycles. The summed E-state index contributed by atoms with van der Waals surface area (Å²) in [6.07, 6.45) is -5.63. The second-order valence-corrected chi connectivity index (χ2v) is 12.1. The van der Waals surface area contributed by atoms with Crippen LogP contribution < -0.4 is 5.32 Å². The van der Waals surface area contributed by atoms with Gasteiger partial charge < -0.3 is 10.2 Å². The quantitative estimate of drug-likeness (QED) is 0.280. The van der Waals surface area contributed by atoms with Crippen molar-refractivity contribution in [3.8, 4) is 0 Å². The number of hydrogen-bond acceptors (Lipinski definition) is 2. The molecule has 0 radical (unpaired) electrons. The van der Waals surface area contributed by atoms with Gasteiger partial charge in [0, 0.05) is 6.04 Å². The van der Waals surface area contributed by atoms with E-state index in [1.165, 1.54) is 19.1 Å². The summed E-state index contributed by atoms with van der Waals surface area (Å²) in [4.78, 5) is 16.4. The maximum absolute atomic E-state index is 14.0. The third-order valence-electron chi connectivity index (χ3n) is 9.41. The van der Waals surface area contributed by atoms with Crippen LogP contribution in [0.25, 0.3) is 0 Å². The molecule has 0 aromatic heterocycles. The van der Waals surface area contributed by atoms with E-state index in [1.54, 1.807) is 0 Å². The standard InChI is InChI=1S/C34H35F7N2O/c1-22(25-19-27(33(36,37)38)21-28(20-25)34(39,40)41)42-31(44)32(26-5-3-2-4-6-26)15-11-30(12-16-32)43-17-13-24(14-18-43)23-7-9-29(35)10-8-23/h2-10,19-22,24,30H,11-18H2,1H3,(H,42,44)/t22-,30-,32-/m1/s1. The minimum Gasteiger partial charge on any atom is -0.349 e. The highest BCUT2D eigenvalue weighted by atomic mass is 19.4. The Morgan fingerprint density at radius 1 is 0.818 bits per heavy atom. The van der Waals surface area contributed by atoms with Gasteiger partial charge >= 0.3 is 12.4 Å². The number of benzene rings is 3. The van der Waals surface area contributed by atoms with E-state index < -0.39 is 40.8 Å². The van der Waals surface area contributed by atoms with E-state index in [0.29, 0.717) is 30.9 Å². The van der Waals surface area contributed by atoms with E-state index in [-0.39, 0.29) is 23.5 Å². The third-order valence-corrected chi connectivity index (χ3v) is 9.41. The Morgan fingerprint density at radius 2 is 1.36 bits per heavy atom. The van der Waals surface area contributed by atoms with Crippen molar-refractivity contribution in [2.24, 2.45) is 0 Å². The topological polar surface area (TPSA) is 32.3 Å². The fourth-order valence-electron chi connectivity index (χ4n) is 6.84. The molecular formula is C34H35F7N2O. The molecule has 0 unspecified atom stereocenters. The van der Waals surface area contributed by atoms with E-state index >= 15 is 0 Å². The molecular weight excluding hydrogens is 585 g/mol. The van der Waals surface area contributed by atoms with Gasteiger partial charge in [0.25, 0.3) is 0 Å². The van der Waals surface area contributed by atoms with Crippen molar-refractivity contribution < 1.29 is 35.5 Å². The van der Waals surface area contributed by atoms with Gasteiger partial charge in [-0.15, -0.1) is 0 Å². The number of carbonyl (C=O) groups is 1. The third kappa shape index (κ3) is 6.95. The van der Waals surface area contributed by atoms with Crippen molar-refractivity contribution in [2.75, 3.05) is 13.1 Å². The van der Waals surface area contributed by atoms with Crippen LogP contribution in [0.15, 0.2) is 72.8 Å². The van der Waals surface area contributed by atoms with Crippen LogP contribution in [0.3, 0.4) is 0 Å². The fourth-order valence-corrected chi connectivity index (χ4v) is 6.84. The second kappa shape index (κ2) is 12.5. The smallest absolute Gasteiger partial charge is 0.349 e. The first kappa shape index (κ1) is 32.0. The largest absolute Gasteiger partial charge is 0.416 e. The van der Waals surface area contributed by atoms with E-state index in [9.17, 15) is 35.5 Å². The Bertz CT molecular complexity index is 1390. The molecule has 1 N–H and O–H groups in total. The maximum atomic E-state index is 14.0. The molecule has 10 heteroatoms. The van der Waals surface area contributed by atoms with E-state index in [4.69, 9.17) is 0 Å². The predicted octanol–water partition coefficient (Wildman–Crippen LogP) is 8.80. The first-order valence-corrected chi connectivity index (χ1v) is 14.9. The molecule has 0 spiro atoms. The molecule has 3 aromatic carbocycles. The van der Waals surface area contributed by atoms with Gasteiger partial charge in [-0.3, -0.25) is 4.79 Å². The van der Waals surface area contributed by atoms with Crippen LogP contribution in [-0.2, 0) is 22.6 Å². The summed E-state index contributed by atoms with van der Waals surface area (Å²) in [7, 11) is 0. The highest BCUT2D eigenvalue weighted by Crippen LogP contribution is 2.43. The molecule has 236 valence electrons. The molecule has 1 saturated heterocycles. The lowest BCUT2D eigenvalue weighted by molar-refractivity contribution is -0.143. The van der Waals surface area contributed by atoms with Gasteiger partial charge in [-0.1, -0.05) is 42.5 Å². The van der Waals surface area contributed by atoms with Gasteiger partial charge in [-0.2, -0.15) is 26.3 Å². The maximum Gasteiger partial charge on any atom is 0.416 e. The summed E-state index contributed by atoms with van der Waals surface area (Å²) in [5.74, 6) is -0.301. The van der Waals surface area contributed by atoms with Crippen molar-refractivity contribution in [3.05, 3.63) is 106 Å². The number of likely N-dealkylation sites (tertiary alicyclic amines) is 1. The van der Waals surface area contributed by atoms with Crippen molar-refractivity contribution >= 4 is 5.91 Å². The number of rotatable bonds is 6. The second-order valence-electron chi connectivity index (χ2n) is 12.1. The number of amides is 1. The zero-order valence-electron chi connectivity index (χ0n) is 24.3. The lowest BCUT2D eigenvalue weighted by atomic mass is 9.67. The molecule has 3 nitrogen and oxygen atoms in total. The summed E-state index contributed by atoms with van der Waals surface area (Å²) in [6.45, 7) is 3.17. The molecule has 1 atom stereocenters. The number of alkyl halides is 6. The monoisotopic (exact) mass is 620 g/mol. The zero-order chi connectivity index (χ0) is 31.7. The Kier molecular flexibility index (Phi) is 9.12. The Hall–Kier alpha value is -3.40. The zero-order valence-corrected chi connectivity index (χ0v) is 24.3. The summed E-state index contributed by atoms with van der Waals surface area (Å²) in [6, 6.07) is 16.4. The molecule has 44 heavy (non-hydrogen) atoms. The molecule has 1 aliphatic heterocycles. The Balaban J connectivity index is 1.31. The van der Waals surface area contributed by atoms with Gasteiger partial charge in [0.05, 0.1) is 22.6 Å². The minimum atomic E-state index is -4.98. The first-order chi connectivity index (χ1) is 20.8. The molecule has 0 bridgehead atoms. The van der Waals surface area contributed by atoms with Crippen molar-refractivity contribution in [2.45, 2.75) is 81.2 Å².